The van der Waals surface area contributed by atoms with Crippen molar-refractivity contribution in [1.82, 2.24) is 4.90 Å². The van der Waals surface area contributed by atoms with Gasteiger partial charge in [-0.2, -0.15) is 0 Å². The van der Waals surface area contributed by atoms with E-state index in [1.54, 1.807) is 16.7 Å². The van der Waals surface area contributed by atoms with E-state index in [0.29, 0.717) is 0 Å². The number of likely N-dealkylation sites (tertiary alicyclic amines) is 1. The van der Waals surface area contributed by atoms with Crippen LogP contribution < -0.4 is 0 Å². The van der Waals surface area contributed by atoms with Crippen LogP contribution in [0.15, 0.2) is 12.3 Å². The summed E-state index contributed by atoms with van der Waals surface area (Å²) < 4.78 is 0.0821. The fourth-order valence-electron chi connectivity index (χ4n) is 1.43. The largest absolute Gasteiger partial charge is 0.319 e. The van der Waals surface area contributed by atoms with Crippen molar-refractivity contribution in [3.8, 4) is 0 Å². The van der Waals surface area contributed by atoms with Crippen molar-refractivity contribution < 1.29 is 4.79 Å². The average Bonchev–Trinajstić information content (AvgIpc) is 2.31. The van der Waals surface area contributed by atoms with E-state index in [0.717, 1.165) is 12.1 Å². The summed E-state index contributed by atoms with van der Waals surface area (Å²) in [5.74, 6) is 0.201. The molecule has 0 N–H and O–H groups in total. The highest BCUT2D eigenvalue weighted by molar-refractivity contribution is 8.02. The van der Waals surface area contributed by atoms with Crippen molar-refractivity contribution in [2.45, 2.75) is 51.0 Å². The van der Waals surface area contributed by atoms with Crippen LogP contribution in [0.25, 0.3) is 0 Å². The Morgan fingerprint density at radius 3 is 2.12 bits per heavy atom. The molecule has 1 rings (SSSR count). The second kappa shape index (κ2) is 4.10. The number of nitrogens with zero attached hydrogens (tertiary/aromatic N) is 1. The van der Waals surface area contributed by atoms with Gasteiger partial charge < -0.3 is 4.90 Å². The Labute approximate surface area is 103 Å². The second-order valence-electron chi connectivity index (χ2n) is 6.03. The number of allylic oxidation sites excluding steroid dienone is 1. The monoisotopic (exact) mass is 241 g/mol. The van der Waals surface area contributed by atoms with Crippen LogP contribution in [0.1, 0.15) is 41.0 Å². The van der Waals surface area contributed by atoms with Gasteiger partial charge in [0, 0.05) is 23.9 Å². The Kier molecular flexibility index (Phi) is 3.49. The molecule has 0 aromatic heterocycles. The molecule has 1 heterocycles. The molecule has 0 aromatic rings. The molecule has 0 aromatic carbocycles. The number of hydrogen-bond donors (Lipinski definition) is 0. The Hall–Kier alpha value is -0.440. The number of carbonyl (C=O) groups is 1. The van der Waals surface area contributed by atoms with Gasteiger partial charge in [-0.25, -0.2) is 0 Å². The van der Waals surface area contributed by atoms with Gasteiger partial charge in [0.25, 0.3) is 0 Å². The van der Waals surface area contributed by atoms with Crippen LogP contribution in [-0.2, 0) is 4.79 Å². The molecule has 0 spiro atoms. The lowest BCUT2D eigenvalue weighted by atomic mass is 9.83. The third kappa shape index (κ3) is 2.45. The highest BCUT2D eigenvalue weighted by Crippen LogP contribution is 2.46. The summed E-state index contributed by atoms with van der Waals surface area (Å²) in [4.78, 5) is 13.7. The molecule has 0 aliphatic carbocycles. The molecule has 1 unspecified atom stereocenters. The van der Waals surface area contributed by atoms with Crippen molar-refractivity contribution in [3.05, 3.63) is 12.3 Å². The highest BCUT2D eigenvalue weighted by atomic mass is 32.2. The predicted molar refractivity (Wildman–Crippen MR) is 71.4 cm³/mol. The van der Waals surface area contributed by atoms with Gasteiger partial charge in [0.1, 0.15) is 0 Å². The number of thioether (sulfide) groups is 1. The zero-order valence-corrected chi connectivity index (χ0v) is 12.1. The summed E-state index contributed by atoms with van der Waals surface area (Å²) in [5.41, 5.74) is 1.12. The minimum absolute atomic E-state index is 0.0479. The zero-order valence-electron chi connectivity index (χ0n) is 11.3. The first kappa shape index (κ1) is 13.6. The van der Waals surface area contributed by atoms with E-state index in [1.807, 2.05) is 7.05 Å². The molecule has 16 heavy (non-hydrogen) atoms. The second-order valence-corrected chi connectivity index (χ2v) is 7.86. The van der Waals surface area contributed by atoms with Crippen molar-refractivity contribution in [3.63, 3.8) is 0 Å². The maximum atomic E-state index is 12.0. The van der Waals surface area contributed by atoms with E-state index in [-0.39, 0.29) is 21.3 Å². The van der Waals surface area contributed by atoms with Gasteiger partial charge in [-0.1, -0.05) is 41.2 Å². The molecule has 1 atom stereocenters. The SMILES string of the molecule is C=C1CC(SC(C)(C)C(C)(C)C)C(=O)N1C. The first-order chi connectivity index (χ1) is 7.06. The fourth-order valence-corrected chi connectivity index (χ4v) is 3.03. The van der Waals surface area contributed by atoms with E-state index < -0.39 is 0 Å². The van der Waals surface area contributed by atoms with Gasteiger partial charge in [0.2, 0.25) is 5.91 Å². The van der Waals surface area contributed by atoms with Crippen molar-refractivity contribution >= 4 is 17.7 Å². The lowest BCUT2D eigenvalue weighted by Gasteiger charge is -2.39. The number of hydrogen-bond acceptors (Lipinski definition) is 2. The third-order valence-electron chi connectivity index (χ3n) is 3.74. The van der Waals surface area contributed by atoms with Crippen molar-refractivity contribution in [2.24, 2.45) is 5.41 Å². The molecule has 1 aliphatic heterocycles. The molecule has 1 aliphatic rings. The molecular formula is C13H23NOS. The molecule has 1 fully saturated rings. The standard InChI is InChI=1S/C13H23NOS/c1-9-8-10(11(15)14(9)7)16-13(5,6)12(2,3)4/h10H,1,8H2,2-7H3. The van der Waals surface area contributed by atoms with Crippen LogP contribution in [0.2, 0.25) is 0 Å². The molecule has 92 valence electrons. The van der Waals surface area contributed by atoms with E-state index in [9.17, 15) is 4.79 Å². The third-order valence-corrected chi connectivity index (χ3v) is 5.60. The Morgan fingerprint density at radius 2 is 1.81 bits per heavy atom. The van der Waals surface area contributed by atoms with Gasteiger partial charge in [0.05, 0.1) is 5.25 Å². The first-order valence-corrected chi connectivity index (χ1v) is 6.57. The van der Waals surface area contributed by atoms with Gasteiger partial charge in [-0.05, 0) is 5.41 Å². The van der Waals surface area contributed by atoms with Gasteiger partial charge in [-0.3, -0.25) is 4.79 Å². The lowest BCUT2D eigenvalue weighted by molar-refractivity contribution is -0.125. The minimum atomic E-state index is 0.0479. The van der Waals surface area contributed by atoms with Crippen LogP contribution in [-0.4, -0.2) is 27.9 Å². The van der Waals surface area contributed by atoms with Crippen LogP contribution in [0.3, 0.4) is 0 Å². The molecule has 0 bridgehead atoms. The fraction of sp³-hybridized carbons (Fsp3) is 0.769. The number of rotatable bonds is 2. The molecule has 0 radical (unpaired) electrons. The highest BCUT2D eigenvalue weighted by Gasteiger charge is 2.41. The van der Waals surface area contributed by atoms with Crippen LogP contribution in [0, 0.1) is 5.41 Å². The Bertz CT molecular complexity index is 314. The summed E-state index contributed by atoms with van der Waals surface area (Å²) >= 11 is 1.78. The predicted octanol–water partition coefficient (Wildman–Crippen LogP) is 3.29. The molecular weight excluding hydrogens is 218 g/mol. The topological polar surface area (TPSA) is 20.3 Å². The molecule has 3 heteroatoms. The smallest absolute Gasteiger partial charge is 0.239 e. The number of amides is 1. The van der Waals surface area contributed by atoms with Gasteiger partial charge in [0.15, 0.2) is 0 Å². The average molecular weight is 241 g/mol. The van der Waals surface area contributed by atoms with Crippen LogP contribution in [0.4, 0.5) is 0 Å². The van der Waals surface area contributed by atoms with E-state index in [4.69, 9.17) is 0 Å². The molecule has 0 saturated carbocycles. The van der Waals surface area contributed by atoms with Crippen LogP contribution >= 0.6 is 11.8 Å². The first-order valence-electron chi connectivity index (χ1n) is 5.69. The van der Waals surface area contributed by atoms with E-state index >= 15 is 0 Å². The van der Waals surface area contributed by atoms with Crippen molar-refractivity contribution in [1.29, 1.82) is 0 Å². The lowest BCUT2D eigenvalue weighted by Crippen LogP contribution is -2.37. The quantitative estimate of drug-likeness (QED) is 0.739. The zero-order chi connectivity index (χ0) is 12.7. The van der Waals surface area contributed by atoms with Crippen LogP contribution in [0.5, 0.6) is 0 Å². The summed E-state index contributed by atoms with van der Waals surface area (Å²) in [6.45, 7) is 15.0. The van der Waals surface area contributed by atoms with Crippen molar-refractivity contribution in [2.75, 3.05) is 7.05 Å². The van der Waals surface area contributed by atoms with Gasteiger partial charge >= 0.3 is 0 Å². The summed E-state index contributed by atoms with van der Waals surface area (Å²) in [6.07, 6.45) is 0.791. The summed E-state index contributed by atoms with van der Waals surface area (Å²) in [7, 11) is 1.81. The Morgan fingerprint density at radius 1 is 1.31 bits per heavy atom. The van der Waals surface area contributed by atoms with E-state index in [1.165, 1.54) is 0 Å². The summed E-state index contributed by atoms with van der Waals surface area (Å²) in [5, 5.41) is 0.0479. The normalized spacial score (nSPS) is 23.1. The maximum Gasteiger partial charge on any atom is 0.239 e. The summed E-state index contributed by atoms with van der Waals surface area (Å²) in [6, 6.07) is 0. The molecule has 1 saturated heterocycles. The van der Waals surface area contributed by atoms with Gasteiger partial charge in [-0.15, -0.1) is 11.8 Å². The minimum Gasteiger partial charge on any atom is -0.319 e. The maximum absolute atomic E-state index is 12.0. The number of carbonyl (C=O) groups excluding carboxylic acids is 1. The van der Waals surface area contributed by atoms with E-state index in [2.05, 4.69) is 41.2 Å². The molecule has 1 amide bonds. The Balaban J connectivity index is 2.77. The molecule has 2 nitrogen and oxygen atoms in total.